The fourth-order valence-corrected chi connectivity index (χ4v) is 4.39. The maximum absolute atomic E-state index is 14.3. The maximum Gasteiger partial charge on any atom is 0.407 e. The summed E-state index contributed by atoms with van der Waals surface area (Å²) in [5, 5.41) is 8.52. The Hall–Kier alpha value is -2.92. The van der Waals surface area contributed by atoms with E-state index in [0.29, 0.717) is 12.1 Å². The number of hydrogen-bond donors (Lipinski definition) is 2. The van der Waals surface area contributed by atoms with Crippen molar-refractivity contribution in [2.75, 3.05) is 19.7 Å². The van der Waals surface area contributed by atoms with E-state index in [9.17, 15) is 9.18 Å². The van der Waals surface area contributed by atoms with Crippen molar-refractivity contribution in [1.29, 1.82) is 0 Å². The van der Waals surface area contributed by atoms with Gasteiger partial charge in [0, 0.05) is 12.5 Å². The predicted octanol–water partition coefficient (Wildman–Crippen LogP) is 5.16. The van der Waals surface area contributed by atoms with Gasteiger partial charge in [-0.15, -0.1) is 0 Å². The molecule has 0 aromatic heterocycles. The molecule has 0 aliphatic carbocycles. The molecule has 0 bridgehead atoms. The molecule has 2 N–H and O–H groups in total. The molecule has 3 aromatic rings. The van der Waals surface area contributed by atoms with Gasteiger partial charge in [0.15, 0.2) is 0 Å². The normalized spacial score (nSPS) is 19.9. The first kappa shape index (κ1) is 20.4. The molecule has 3 atom stereocenters. The molecule has 156 valence electrons. The average Bonchev–Trinajstić information content (AvgIpc) is 2.78. The Morgan fingerprint density at radius 3 is 2.77 bits per heavy atom. The van der Waals surface area contributed by atoms with Gasteiger partial charge in [0.1, 0.15) is 5.82 Å². The Balaban J connectivity index is 1.39. The van der Waals surface area contributed by atoms with E-state index in [2.05, 4.69) is 28.8 Å². The molecule has 1 aliphatic rings. The van der Waals surface area contributed by atoms with Crippen LogP contribution < -0.4 is 10.6 Å². The van der Waals surface area contributed by atoms with Crippen LogP contribution in [0.25, 0.3) is 10.8 Å². The van der Waals surface area contributed by atoms with Crippen molar-refractivity contribution in [2.24, 2.45) is 5.92 Å². The highest BCUT2D eigenvalue weighted by Gasteiger charge is 2.29. The molecule has 3 aromatic carbocycles. The Kier molecular flexibility index (Phi) is 6.29. The number of carbonyl (C=O) groups excluding carboxylic acids is 1. The van der Waals surface area contributed by atoms with Gasteiger partial charge >= 0.3 is 6.09 Å². The van der Waals surface area contributed by atoms with Crippen LogP contribution in [0.4, 0.5) is 9.18 Å². The lowest BCUT2D eigenvalue weighted by molar-refractivity contribution is 0.109. The zero-order chi connectivity index (χ0) is 20.9. The summed E-state index contributed by atoms with van der Waals surface area (Å²) in [7, 11) is 0. The zero-order valence-corrected chi connectivity index (χ0v) is 17.1. The molecule has 1 aliphatic heterocycles. The van der Waals surface area contributed by atoms with Gasteiger partial charge < -0.3 is 15.4 Å². The van der Waals surface area contributed by atoms with Crippen LogP contribution in [0.3, 0.4) is 0 Å². The minimum atomic E-state index is -0.451. The van der Waals surface area contributed by atoms with E-state index in [1.807, 2.05) is 43.3 Å². The lowest BCUT2D eigenvalue weighted by Gasteiger charge is -2.32. The van der Waals surface area contributed by atoms with Crippen LogP contribution >= 0.6 is 0 Å². The lowest BCUT2D eigenvalue weighted by atomic mass is 9.81. The summed E-state index contributed by atoms with van der Waals surface area (Å²) in [6.45, 7) is 3.73. The zero-order valence-electron chi connectivity index (χ0n) is 17.1. The third-order valence-corrected chi connectivity index (χ3v) is 5.97. The first-order valence-corrected chi connectivity index (χ1v) is 10.5. The SMILES string of the molecule is C[C@@H](NC(=O)OCC1CNCCC1c1ccccc1F)c1cccc2ccccc12. The summed E-state index contributed by atoms with van der Waals surface area (Å²) in [6, 6.07) is 20.9. The number of benzene rings is 3. The van der Waals surface area contributed by atoms with Crippen molar-refractivity contribution in [1.82, 2.24) is 10.6 Å². The fourth-order valence-electron chi connectivity index (χ4n) is 4.39. The minimum absolute atomic E-state index is 0.0364. The number of ether oxygens (including phenoxy) is 1. The molecule has 30 heavy (non-hydrogen) atoms. The number of piperidine rings is 1. The van der Waals surface area contributed by atoms with Crippen LogP contribution in [-0.2, 0) is 4.74 Å². The smallest absolute Gasteiger partial charge is 0.407 e. The first-order chi connectivity index (χ1) is 14.6. The number of carbonyl (C=O) groups is 1. The highest BCUT2D eigenvalue weighted by Crippen LogP contribution is 2.32. The Labute approximate surface area is 176 Å². The number of amides is 1. The highest BCUT2D eigenvalue weighted by atomic mass is 19.1. The molecule has 1 heterocycles. The molecule has 4 rings (SSSR count). The summed E-state index contributed by atoms with van der Waals surface area (Å²) in [5.74, 6) is -0.117. The van der Waals surface area contributed by atoms with E-state index >= 15 is 0 Å². The quantitative estimate of drug-likeness (QED) is 0.615. The molecule has 0 radical (unpaired) electrons. The predicted molar refractivity (Wildman–Crippen MR) is 117 cm³/mol. The van der Waals surface area contributed by atoms with Crippen molar-refractivity contribution in [3.05, 3.63) is 83.7 Å². The van der Waals surface area contributed by atoms with Gasteiger partial charge in [0.2, 0.25) is 0 Å². The summed E-state index contributed by atoms with van der Waals surface area (Å²) in [6.07, 6.45) is 0.372. The van der Waals surface area contributed by atoms with Crippen LogP contribution in [-0.4, -0.2) is 25.8 Å². The van der Waals surface area contributed by atoms with Crippen molar-refractivity contribution >= 4 is 16.9 Å². The van der Waals surface area contributed by atoms with Gasteiger partial charge in [-0.1, -0.05) is 60.7 Å². The van der Waals surface area contributed by atoms with E-state index in [0.717, 1.165) is 29.3 Å². The molecule has 0 spiro atoms. The summed E-state index contributed by atoms with van der Waals surface area (Å²) < 4.78 is 19.9. The number of hydrogen-bond acceptors (Lipinski definition) is 3. The molecule has 2 unspecified atom stereocenters. The van der Waals surface area contributed by atoms with Crippen molar-refractivity contribution in [2.45, 2.75) is 25.3 Å². The molecule has 5 heteroatoms. The van der Waals surface area contributed by atoms with E-state index in [1.54, 1.807) is 6.07 Å². The van der Waals surface area contributed by atoms with Gasteiger partial charge in [-0.3, -0.25) is 0 Å². The molecule has 1 amide bonds. The average molecular weight is 407 g/mol. The Bertz CT molecular complexity index is 1020. The van der Waals surface area contributed by atoms with E-state index < -0.39 is 6.09 Å². The molecule has 0 saturated carbocycles. The molecule has 1 saturated heterocycles. The third kappa shape index (κ3) is 4.46. The van der Waals surface area contributed by atoms with Crippen molar-refractivity contribution in [3.63, 3.8) is 0 Å². The Morgan fingerprint density at radius 2 is 1.90 bits per heavy atom. The molecule has 1 fully saturated rings. The maximum atomic E-state index is 14.3. The van der Waals surface area contributed by atoms with Crippen LogP contribution in [0.5, 0.6) is 0 Å². The third-order valence-electron chi connectivity index (χ3n) is 5.97. The second kappa shape index (κ2) is 9.26. The van der Waals surface area contributed by atoms with E-state index in [1.165, 1.54) is 6.07 Å². The topological polar surface area (TPSA) is 50.4 Å². The number of rotatable bonds is 5. The van der Waals surface area contributed by atoms with Crippen molar-refractivity contribution in [3.8, 4) is 0 Å². The second-order valence-corrected chi connectivity index (χ2v) is 7.91. The highest BCUT2D eigenvalue weighted by molar-refractivity contribution is 5.86. The van der Waals surface area contributed by atoms with Crippen LogP contribution in [0.2, 0.25) is 0 Å². The van der Waals surface area contributed by atoms with Crippen LogP contribution in [0, 0.1) is 11.7 Å². The summed E-state index contributed by atoms with van der Waals surface area (Å²) in [5.41, 5.74) is 1.76. The number of halogens is 1. The van der Waals surface area contributed by atoms with Gasteiger partial charge in [0.05, 0.1) is 12.6 Å². The van der Waals surface area contributed by atoms with Gasteiger partial charge in [-0.25, -0.2) is 9.18 Å². The van der Waals surface area contributed by atoms with Gasteiger partial charge in [-0.2, -0.15) is 0 Å². The van der Waals surface area contributed by atoms with Crippen LogP contribution in [0.1, 0.15) is 36.4 Å². The number of nitrogens with one attached hydrogen (secondary N) is 2. The molecule has 4 nitrogen and oxygen atoms in total. The monoisotopic (exact) mass is 406 g/mol. The van der Waals surface area contributed by atoms with E-state index in [-0.39, 0.29) is 30.3 Å². The largest absolute Gasteiger partial charge is 0.449 e. The minimum Gasteiger partial charge on any atom is -0.449 e. The number of fused-ring (bicyclic) bond motifs is 1. The van der Waals surface area contributed by atoms with Gasteiger partial charge in [0.25, 0.3) is 0 Å². The molecular formula is C25H27FN2O2. The first-order valence-electron chi connectivity index (χ1n) is 10.5. The van der Waals surface area contributed by atoms with Crippen LogP contribution in [0.15, 0.2) is 66.7 Å². The summed E-state index contributed by atoms with van der Waals surface area (Å²) in [4.78, 5) is 12.5. The summed E-state index contributed by atoms with van der Waals surface area (Å²) >= 11 is 0. The van der Waals surface area contributed by atoms with E-state index in [4.69, 9.17) is 4.74 Å². The fraction of sp³-hybridized carbons (Fsp3) is 0.320. The lowest BCUT2D eigenvalue weighted by Crippen LogP contribution is -2.39. The Morgan fingerprint density at radius 1 is 1.13 bits per heavy atom. The second-order valence-electron chi connectivity index (χ2n) is 7.91. The molecular weight excluding hydrogens is 379 g/mol. The van der Waals surface area contributed by atoms with Gasteiger partial charge in [-0.05, 0) is 53.8 Å². The van der Waals surface area contributed by atoms with Crippen molar-refractivity contribution < 1.29 is 13.9 Å². The number of alkyl carbamates (subject to hydrolysis) is 1. The standard InChI is InChI=1S/C25H27FN2O2/c1-17(20-11-6-8-18-7-2-3-9-21(18)20)28-25(29)30-16-19-15-27-14-13-22(19)23-10-4-5-12-24(23)26/h2-12,17,19,22,27H,13-16H2,1H3,(H,28,29)/t17-,19?,22?/m1/s1.